The number of aromatic nitrogens is 1. The molecule has 0 radical (unpaired) electrons. The summed E-state index contributed by atoms with van der Waals surface area (Å²) in [4.78, 5) is 11.8. The van der Waals surface area contributed by atoms with Crippen molar-refractivity contribution < 1.29 is 9.32 Å². The molecule has 1 aliphatic heterocycles. The van der Waals surface area contributed by atoms with E-state index in [0.29, 0.717) is 11.5 Å². The first-order chi connectivity index (χ1) is 7.75. The van der Waals surface area contributed by atoms with Crippen LogP contribution in [-0.4, -0.2) is 30.2 Å². The molecule has 16 heavy (non-hydrogen) atoms. The molecule has 0 spiro atoms. The van der Waals surface area contributed by atoms with Crippen LogP contribution in [0.5, 0.6) is 0 Å². The van der Waals surface area contributed by atoms with E-state index < -0.39 is 0 Å². The maximum atomic E-state index is 11.8. The van der Waals surface area contributed by atoms with Gasteiger partial charge in [0.25, 0.3) is 5.91 Å². The molecule has 0 aliphatic carbocycles. The Bertz CT molecular complexity index is 354. The van der Waals surface area contributed by atoms with Gasteiger partial charge in [-0.15, -0.1) is 0 Å². The maximum Gasteiger partial charge on any atom is 0.273 e. The van der Waals surface area contributed by atoms with E-state index in [-0.39, 0.29) is 11.9 Å². The predicted molar refractivity (Wildman–Crippen MR) is 59.2 cm³/mol. The summed E-state index contributed by atoms with van der Waals surface area (Å²) < 4.78 is 4.88. The Morgan fingerprint density at radius 3 is 3.19 bits per heavy atom. The monoisotopic (exact) mass is 223 g/mol. The zero-order valence-electron chi connectivity index (χ0n) is 9.45. The fraction of sp³-hybridized carbons (Fsp3) is 0.636. The van der Waals surface area contributed by atoms with Crippen molar-refractivity contribution in [2.75, 3.05) is 13.1 Å². The van der Waals surface area contributed by atoms with Gasteiger partial charge in [-0.05, 0) is 39.3 Å². The first-order valence-electron chi connectivity index (χ1n) is 5.70. The van der Waals surface area contributed by atoms with Crippen molar-refractivity contribution in [1.29, 1.82) is 0 Å². The maximum absolute atomic E-state index is 11.8. The molecule has 5 heteroatoms. The van der Waals surface area contributed by atoms with Gasteiger partial charge < -0.3 is 15.2 Å². The van der Waals surface area contributed by atoms with E-state index in [4.69, 9.17) is 4.52 Å². The number of hydrogen-bond donors (Lipinski definition) is 2. The summed E-state index contributed by atoms with van der Waals surface area (Å²) in [5.74, 6) is 0.524. The zero-order valence-corrected chi connectivity index (χ0v) is 9.45. The van der Waals surface area contributed by atoms with E-state index in [9.17, 15) is 4.79 Å². The molecule has 5 nitrogen and oxygen atoms in total. The Morgan fingerprint density at radius 1 is 1.56 bits per heavy atom. The van der Waals surface area contributed by atoms with Gasteiger partial charge in [0, 0.05) is 12.1 Å². The second-order valence-corrected chi connectivity index (χ2v) is 4.17. The summed E-state index contributed by atoms with van der Waals surface area (Å²) >= 11 is 0. The van der Waals surface area contributed by atoms with Crippen LogP contribution in [0.3, 0.4) is 0 Å². The van der Waals surface area contributed by atoms with Crippen LogP contribution in [0.4, 0.5) is 0 Å². The van der Waals surface area contributed by atoms with Gasteiger partial charge in [0.2, 0.25) is 0 Å². The highest BCUT2D eigenvalue weighted by molar-refractivity contribution is 5.92. The Labute approximate surface area is 94.6 Å². The first-order valence-corrected chi connectivity index (χ1v) is 5.70. The Hall–Kier alpha value is -1.36. The number of aryl methyl sites for hydroxylation is 1. The Balaban J connectivity index is 1.90. The van der Waals surface area contributed by atoms with Crippen LogP contribution in [0.25, 0.3) is 0 Å². The van der Waals surface area contributed by atoms with E-state index >= 15 is 0 Å². The lowest BCUT2D eigenvalue weighted by atomic mass is 10.1. The van der Waals surface area contributed by atoms with E-state index in [1.165, 1.54) is 0 Å². The fourth-order valence-corrected chi connectivity index (χ4v) is 1.90. The lowest BCUT2D eigenvalue weighted by Crippen LogP contribution is -2.35. The fourth-order valence-electron chi connectivity index (χ4n) is 1.90. The average molecular weight is 223 g/mol. The molecule has 0 saturated carbocycles. The minimum absolute atomic E-state index is 0.135. The van der Waals surface area contributed by atoms with Gasteiger partial charge in [0.05, 0.1) is 0 Å². The number of carbonyl (C=O) groups is 1. The lowest BCUT2D eigenvalue weighted by Gasteiger charge is -2.14. The standard InChI is InChI=1S/C11H17N3O2/c1-8-7-10(14-16-8)11(15)13-9-3-2-5-12-6-4-9/h7,9,12H,2-6H2,1H3,(H,13,15). The van der Waals surface area contributed by atoms with Gasteiger partial charge in [-0.1, -0.05) is 5.16 Å². The highest BCUT2D eigenvalue weighted by Gasteiger charge is 2.17. The molecule has 1 aromatic heterocycles. The third-order valence-corrected chi connectivity index (χ3v) is 2.77. The van der Waals surface area contributed by atoms with Gasteiger partial charge in [-0.3, -0.25) is 4.79 Å². The van der Waals surface area contributed by atoms with Gasteiger partial charge >= 0.3 is 0 Å². The largest absolute Gasteiger partial charge is 0.361 e. The van der Waals surface area contributed by atoms with Crippen LogP contribution in [0.15, 0.2) is 10.6 Å². The highest BCUT2D eigenvalue weighted by Crippen LogP contribution is 2.07. The molecule has 0 aromatic carbocycles. The molecule has 1 unspecified atom stereocenters. The van der Waals surface area contributed by atoms with Crippen molar-refractivity contribution in [3.8, 4) is 0 Å². The molecule has 1 aliphatic rings. The third-order valence-electron chi connectivity index (χ3n) is 2.77. The SMILES string of the molecule is Cc1cc(C(=O)NC2CCCNCC2)no1. The average Bonchev–Trinajstić information content (AvgIpc) is 2.54. The van der Waals surface area contributed by atoms with Crippen molar-refractivity contribution in [2.45, 2.75) is 32.2 Å². The van der Waals surface area contributed by atoms with Gasteiger partial charge in [0.1, 0.15) is 5.76 Å². The Morgan fingerprint density at radius 2 is 2.44 bits per heavy atom. The second kappa shape index (κ2) is 5.12. The molecule has 0 bridgehead atoms. The molecule has 2 rings (SSSR count). The van der Waals surface area contributed by atoms with E-state index in [0.717, 1.165) is 32.4 Å². The molecular formula is C11H17N3O2. The number of nitrogens with one attached hydrogen (secondary N) is 2. The van der Waals surface area contributed by atoms with Crippen LogP contribution >= 0.6 is 0 Å². The van der Waals surface area contributed by atoms with Crippen molar-refractivity contribution in [3.63, 3.8) is 0 Å². The number of rotatable bonds is 2. The molecule has 2 N–H and O–H groups in total. The van der Waals surface area contributed by atoms with E-state index in [2.05, 4.69) is 15.8 Å². The van der Waals surface area contributed by atoms with E-state index in [1.54, 1.807) is 13.0 Å². The molecule has 1 atom stereocenters. The number of carbonyl (C=O) groups excluding carboxylic acids is 1. The normalized spacial score (nSPS) is 21.4. The summed E-state index contributed by atoms with van der Waals surface area (Å²) in [7, 11) is 0. The van der Waals surface area contributed by atoms with Crippen LogP contribution in [0, 0.1) is 6.92 Å². The second-order valence-electron chi connectivity index (χ2n) is 4.17. The molecule has 1 amide bonds. The smallest absolute Gasteiger partial charge is 0.273 e. The van der Waals surface area contributed by atoms with Gasteiger partial charge in [-0.2, -0.15) is 0 Å². The summed E-state index contributed by atoms with van der Waals surface area (Å²) in [6, 6.07) is 1.91. The topological polar surface area (TPSA) is 67.2 Å². The molecule has 1 saturated heterocycles. The molecule has 1 fully saturated rings. The van der Waals surface area contributed by atoms with Crippen molar-refractivity contribution in [3.05, 3.63) is 17.5 Å². The van der Waals surface area contributed by atoms with Crippen molar-refractivity contribution >= 4 is 5.91 Å². The highest BCUT2D eigenvalue weighted by atomic mass is 16.5. The Kier molecular flexibility index (Phi) is 3.56. The summed E-state index contributed by atoms with van der Waals surface area (Å²) in [5.41, 5.74) is 0.370. The lowest BCUT2D eigenvalue weighted by molar-refractivity contribution is 0.0925. The zero-order chi connectivity index (χ0) is 11.4. The van der Waals surface area contributed by atoms with Crippen LogP contribution in [-0.2, 0) is 0 Å². The minimum atomic E-state index is -0.135. The predicted octanol–water partition coefficient (Wildman–Crippen LogP) is 0.855. The number of amides is 1. The molecular weight excluding hydrogens is 206 g/mol. The first kappa shape index (κ1) is 11.1. The summed E-state index contributed by atoms with van der Waals surface area (Å²) in [5, 5.41) is 10.00. The van der Waals surface area contributed by atoms with Crippen LogP contribution in [0.2, 0.25) is 0 Å². The summed E-state index contributed by atoms with van der Waals surface area (Å²) in [6.45, 7) is 3.78. The van der Waals surface area contributed by atoms with Crippen LogP contribution < -0.4 is 10.6 Å². The van der Waals surface area contributed by atoms with Gasteiger partial charge in [0.15, 0.2) is 5.69 Å². The molecule has 88 valence electrons. The molecule has 2 heterocycles. The molecule has 1 aromatic rings. The quantitative estimate of drug-likeness (QED) is 0.780. The van der Waals surface area contributed by atoms with Crippen molar-refractivity contribution in [2.24, 2.45) is 0 Å². The number of nitrogens with zero attached hydrogens (tertiary/aromatic N) is 1. The van der Waals surface area contributed by atoms with Crippen LogP contribution in [0.1, 0.15) is 35.5 Å². The van der Waals surface area contributed by atoms with E-state index in [1.807, 2.05) is 0 Å². The minimum Gasteiger partial charge on any atom is -0.361 e. The van der Waals surface area contributed by atoms with Crippen molar-refractivity contribution in [1.82, 2.24) is 15.8 Å². The third kappa shape index (κ3) is 2.82. The van der Waals surface area contributed by atoms with Gasteiger partial charge in [-0.25, -0.2) is 0 Å². The number of hydrogen-bond acceptors (Lipinski definition) is 4. The summed E-state index contributed by atoms with van der Waals surface area (Å²) in [6.07, 6.45) is 3.10.